The Bertz CT molecular complexity index is 833. The van der Waals surface area contributed by atoms with Crippen molar-refractivity contribution < 1.29 is 9.53 Å². The first-order valence-electron chi connectivity index (χ1n) is 7.69. The Labute approximate surface area is 132 Å². The summed E-state index contributed by atoms with van der Waals surface area (Å²) in [4.78, 5) is 36.5. The van der Waals surface area contributed by atoms with Crippen LogP contribution >= 0.6 is 0 Å². The van der Waals surface area contributed by atoms with Gasteiger partial charge < -0.3 is 10.1 Å². The van der Waals surface area contributed by atoms with Gasteiger partial charge in [-0.15, -0.1) is 0 Å². The molecule has 2 aromatic rings. The van der Waals surface area contributed by atoms with Gasteiger partial charge in [0.05, 0.1) is 22.9 Å². The molecule has 23 heavy (non-hydrogen) atoms. The maximum atomic E-state index is 12.3. The largest absolute Gasteiger partial charge is 0.376 e. The van der Waals surface area contributed by atoms with Crippen LogP contribution in [0.5, 0.6) is 0 Å². The van der Waals surface area contributed by atoms with Crippen LogP contribution in [0.25, 0.3) is 10.8 Å². The third-order valence-electron chi connectivity index (χ3n) is 4.10. The predicted octanol–water partition coefficient (Wildman–Crippen LogP) is 0.373. The molecule has 7 heteroatoms. The lowest BCUT2D eigenvalue weighted by Crippen LogP contribution is -2.44. The van der Waals surface area contributed by atoms with E-state index in [9.17, 15) is 14.4 Å². The fraction of sp³-hybridized carbons (Fsp3) is 0.438. The monoisotopic (exact) mass is 317 g/mol. The van der Waals surface area contributed by atoms with Gasteiger partial charge in [-0.05, 0) is 31.9 Å². The van der Waals surface area contributed by atoms with E-state index in [1.807, 2.05) is 6.92 Å². The highest BCUT2D eigenvalue weighted by Crippen LogP contribution is 2.15. The molecule has 1 amide bonds. The smallest absolute Gasteiger partial charge is 0.273 e. The molecular weight excluding hydrogens is 298 g/mol. The third-order valence-corrected chi connectivity index (χ3v) is 4.10. The summed E-state index contributed by atoms with van der Waals surface area (Å²) in [5.41, 5.74) is -0.778. The summed E-state index contributed by atoms with van der Waals surface area (Å²) in [5, 5.41) is 5.89. The maximum absolute atomic E-state index is 12.3. The fourth-order valence-corrected chi connectivity index (χ4v) is 2.89. The van der Waals surface area contributed by atoms with Crippen LogP contribution in [0, 0.1) is 0 Å². The summed E-state index contributed by atoms with van der Waals surface area (Å²) in [7, 11) is 0. The zero-order valence-electron chi connectivity index (χ0n) is 12.9. The van der Waals surface area contributed by atoms with Crippen molar-refractivity contribution in [3.63, 3.8) is 0 Å². The first-order valence-corrected chi connectivity index (χ1v) is 7.69. The molecule has 1 saturated heterocycles. The molecule has 2 unspecified atom stereocenters. The number of benzene rings is 1. The Kier molecular flexibility index (Phi) is 4.29. The minimum absolute atomic E-state index is 0.00586. The van der Waals surface area contributed by atoms with E-state index in [1.54, 1.807) is 24.3 Å². The zero-order valence-corrected chi connectivity index (χ0v) is 12.9. The maximum Gasteiger partial charge on any atom is 0.273 e. The van der Waals surface area contributed by atoms with Crippen LogP contribution in [0.3, 0.4) is 0 Å². The first kappa shape index (κ1) is 15.5. The number of ether oxygens (including phenoxy) is 1. The van der Waals surface area contributed by atoms with Crippen LogP contribution in [0.1, 0.15) is 19.8 Å². The number of carbonyl (C=O) groups is 1. The van der Waals surface area contributed by atoms with Gasteiger partial charge in [0.15, 0.2) is 0 Å². The second-order valence-electron chi connectivity index (χ2n) is 5.79. The number of fused-ring (bicyclic) bond motifs is 1. The van der Waals surface area contributed by atoms with Gasteiger partial charge in [0.1, 0.15) is 6.54 Å². The van der Waals surface area contributed by atoms with Crippen molar-refractivity contribution in [2.75, 3.05) is 6.61 Å². The van der Waals surface area contributed by atoms with Crippen LogP contribution in [0.15, 0.2) is 33.9 Å². The lowest BCUT2D eigenvalue weighted by Gasteiger charge is -2.20. The van der Waals surface area contributed by atoms with E-state index in [1.165, 1.54) is 0 Å². The highest BCUT2D eigenvalue weighted by molar-refractivity contribution is 5.81. The lowest BCUT2D eigenvalue weighted by atomic mass is 10.1. The number of aromatic nitrogens is 2. The highest BCUT2D eigenvalue weighted by Gasteiger charge is 2.23. The zero-order chi connectivity index (χ0) is 16.4. The number of amides is 1. The Morgan fingerprint density at radius 1 is 1.39 bits per heavy atom. The molecule has 2 atom stereocenters. The van der Waals surface area contributed by atoms with E-state index >= 15 is 0 Å². The minimum Gasteiger partial charge on any atom is -0.376 e. The number of hydrogen-bond donors (Lipinski definition) is 2. The number of aromatic amines is 1. The van der Waals surface area contributed by atoms with Crippen LogP contribution < -0.4 is 16.4 Å². The number of H-pyrrole nitrogens is 1. The average molecular weight is 317 g/mol. The molecule has 0 saturated carbocycles. The molecule has 0 bridgehead atoms. The molecule has 1 fully saturated rings. The number of rotatable bonds is 4. The molecule has 7 nitrogen and oxygen atoms in total. The Morgan fingerprint density at radius 3 is 2.83 bits per heavy atom. The molecule has 0 radical (unpaired) electrons. The summed E-state index contributed by atoms with van der Waals surface area (Å²) in [6, 6.07) is 6.41. The quantitative estimate of drug-likeness (QED) is 0.852. The van der Waals surface area contributed by atoms with E-state index < -0.39 is 0 Å². The van der Waals surface area contributed by atoms with Gasteiger partial charge in [-0.2, -0.15) is 0 Å². The molecule has 1 aliphatic heterocycles. The van der Waals surface area contributed by atoms with Crippen molar-refractivity contribution >= 4 is 16.7 Å². The van der Waals surface area contributed by atoms with Crippen LogP contribution in [0.4, 0.5) is 0 Å². The molecule has 2 heterocycles. The standard InChI is InChI=1S/C16H19N3O4/c1-10(13-7-4-8-23-13)17-14(20)9-19-16(22)12-6-3-2-5-11(12)15(21)18-19/h2-3,5-6,10,13H,4,7-9H2,1H3,(H,17,20)(H,18,21). The highest BCUT2D eigenvalue weighted by atomic mass is 16.5. The molecular formula is C16H19N3O4. The Balaban J connectivity index is 1.78. The molecule has 2 N–H and O–H groups in total. The van der Waals surface area contributed by atoms with E-state index in [-0.39, 0.29) is 35.7 Å². The van der Waals surface area contributed by atoms with Gasteiger partial charge in [0.25, 0.3) is 11.1 Å². The normalized spacial score (nSPS) is 18.9. The number of nitrogens with one attached hydrogen (secondary N) is 2. The summed E-state index contributed by atoms with van der Waals surface area (Å²) in [5.74, 6) is -0.332. The Hall–Kier alpha value is -2.41. The summed E-state index contributed by atoms with van der Waals surface area (Å²) in [6.45, 7) is 2.36. The molecule has 1 aromatic heterocycles. The average Bonchev–Trinajstić information content (AvgIpc) is 3.07. The van der Waals surface area contributed by atoms with Crippen molar-refractivity contribution in [2.45, 2.75) is 38.5 Å². The third kappa shape index (κ3) is 3.19. The second-order valence-corrected chi connectivity index (χ2v) is 5.79. The van der Waals surface area contributed by atoms with Crippen LogP contribution in [0.2, 0.25) is 0 Å². The molecule has 3 rings (SSSR count). The van der Waals surface area contributed by atoms with Crippen molar-refractivity contribution in [1.82, 2.24) is 15.1 Å². The number of hydrogen-bond acceptors (Lipinski definition) is 4. The van der Waals surface area contributed by atoms with Gasteiger partial charge in [0, 0.05) is 6.61 Å². The van der Waals surface area contributed by atoms with E-state index in [4.69, 9.17) is 4.74 Å². The Morgan fingerprint density at radius 2 is 2.13 bits per heavy atom. The van der Waals surface area contributed by atoms with Crippen LogP contribution in [-0.4, -0.2) is 34.4 Å². The van der Waals surface area contributed by atoms with Gasteiger partial charge in [-0.3, -0.25) is 19.5 Å². The minimum atomic E-state index is -0.389. The van der Waals surface area contributed by atoms with Crippen molar-refractivity contribution in [3.8, 4) is 0 Å². The van der Waals surface area contributed by atoms with Crippen molar-refractivity contribution in [2.24, 2.45) is 0 Å². The number of carbonyl (C=O) groups excluding carboxylic acids is 1. The topological polar surface area (TPSA) is 93.2 Å². The molecule has 122 valence electrons. The summed E-state index contributed by atoms with van der Waals surface area (Å²) in [6.07, 6.45) is 1.91. The van der Waals surface area contributed by atoms with Gasteiger partial charge in [-0.25, -0.2) is 4.68 Å². The van der Waals surface area contributed by atoms with Crippen LogP contribution in [-0.2, 0) is 16.1 Å². The fourth-order valence-electron chi connectivity index (χ4n) is 2.89. The number of nitrogens with zero attached hydrogens (tertiary/aromatic N) is 1. The molecule has 0 aliphatic carbocycles. The second kappa shape index (κ2) is 6.37. The molecule has 1 aromatic carbocycles. The summed E-state index contributed by atoms with van der Waals surface area (Å²) >= 11 is 0. The first-order chi connectivity index (χ1) is 11.1. The van der Waals surface area contributed by atoms with Crippen molar-refractivity contribution in [3.05, 3.63) is 45.0 Å². The van der Waals surface area contributed by atoms with Gasteiger partial charge in [0.2, 0.25) is 5.91 Å². The summed E-state index contributed by atoms with van der Waals surface area (Å²) < 4.78 is 6.57. The van der Waals surface area contributed by atoms with E-state index in [0.717, 1.165) is 17.5 Å². The van der Waals surface area contributed by atoms with Gasteiger partial charge >= 0.3 is 0 Å². The van der Waals surface area contributed by atoms with Crippen molar-refractivity contribution in [1.29, 1.82) is 0 Å². The molecule has 0 spiro atoms. The van der Waals surface area contributed by atoms with Gasteiger partial charge in [-0.1, -0.05) is 12.1 Å². The SMILES string of the molecule is CC(NC(=O)Cn1[nH]c(=O)c2ccccc2c1=O)C1CCCO1. The van der Waals surface area contributed by atoms with E-state index in [2.05, 4.69) is 10.4 Å². The lowest BCUT2D eigenvalue weighted by molar-refractivity contribution is -0.123. The van der Waals surface area contributed by atoms with E-state index in [0.29, 0.717) is 17.4 Å². The molecule has 1 aliphatic rings. The predicted molar refractivity (Wildman–Crippen MR) is 85.4 cm³/mol.